The lowest BCUT2D eigenvalue weighted by Gasteiger charge is -2.07. The molecule has 160 valence electrons. The SMILES string of the molecule is CCOC(=O)c1cc2ccc(OC(=O)/C=C/c3ccc(OC)c(OC)c3)cc2oc1=O. The van der Waals surface area contributed by atoms with Gasteiger partial charge in [-0.05, 0) is 48.9 Å². The van der Waals surface area contributed by atoms with Crippen LogP contribution in [0.5, 0.6) is 17.2 Å². The number of carbonyl (C=O) groups excluding carboxylic acids is 2. The molecule has 0 aliphatic heterocycles. The van der Waals surface area contributed by atoms with E-state index in [0.717, 1.165) is 0 Å². The van der Waals surface area contributed by atoms with Gasteiger partial charge in [-0.2, -0.15) is 0 Å². The topological polar surface area (TPSA) is 101 Å². The average molecular weight is 424 g/mol. The van der Waals surface area contributed by atoms with Crippen molar-refractivity contribution < 1.29 is 33.0 Å². The van der Waals surface area contributed by atoms with E-state index in [2.05, 4.69) is 0 Å². The predicted octanol–water partition coefficient (Wildman–Crippen LogP) is 3.61. The number of benzene rings is 2. The van der Waals surface area contributed by atoms with Crippen molar-refractivity contribution in [1.82, 2.24) is 0 Å². The Balaban J connectivity index is 1.76. The summed E-state index contributed by atoms with van der Waals surface area (Å²) in [5.41, 5.74) is -0.141. The molecule has 0 amide bonds. The Morgan fingerprint density at radius 3 is 2.48 bits per heavy atom. The van der Waals surface area contributed by atoms with Crippen LogP contribution in [0.3, 0.4) is 0 Å². The number of hydrogen-bond acceptors (Lipinski definition) is 8. The third kappa shape index (κ3) is 5.11. The maximum absolute atomic E-state index is 12.2. The summed E-state index contributed by atoms with van der Waals surface area (Å²) in [6, 6.07) is 11.1. The molecule has 0 spiro atoms. The monoisotopic (exact) mass is 424 g/mol. The zero-order valence-corrected chi connectivity index (χ0v) is 17.2. The van der Waals surface area contributed by atoms with Crippen LogP contribution in [-0.2, 0) is 9.53 Å². The third-order valence-corrected chi connectivity index (χ3v) is 4.24. The van der Waals surface area contributed by atoms with Crippen molar-refractivity contribution >= 4 is 29.0 Å². The highest BCUT2D eigenvalue weighted by Gasteiger charge is 2.15. The zero-order chi connectivity index (χ0) is 22.4. The number of ether oxygens (including phenoxy) is 4. The molecule has 0 saturated carbocycles. The van der Waals surface area contributed by atoms with Gasteiger partial charge in [0.05, 0.1) is 20.8 Å². The minimum atomic E-state index is -0.831. The number of hydrogen-bond donors (Lipinski definition) is 0. The molecule has 1 heterocycles. The Kier molecular flexibility index (Phi) is 6.71. The van der Waals surface area contributed by atoms with Crippen LogP contribution in [0.2, 0.25) is 0 Å². The van der Waals surface area contributed by atoms with Crippen molar-refractivity contribution in [2.75, 3.05) is 20.8 Å². The summed E-state index contributed by atoms with van der Waals surface area (Å²) >= 11 is 0. The van der Waals surface area contributed by atoms with Crippen molar-refractivity contribution in [1.29, 1.82) is 0 Å². The molecule has 31 heavy (non-hydrogen) atoms. The second-order valence-electron chi connectivity index (χ2n) is 6.24. The normalized spacial score (nSPS) is 10.8. The van der Waals surface area contributed by atoms with E-state index in [1.807, 2.05) is 0 Å². The molecule has 0 aliphatic rings. The summed E-state index contributed by atoms with van der Waals surface area (Å²) in [6.07, 6.45) is 2.82. The summed E-state index contributed by atoms with van der Waals surface area (Å²) in [7, 11) is 3.06. The molecule has 8 heteroatoms. The van der Waals surface area contributed by atoms with Gasteiger partial charge in [0.25, 0.3) is 0 Å². The lowest BCUT2D eigenvalue weighted by molar-refractivity contribution is -0.128. The highest BCUT2D eigenvalue weighted by Crippen LogP contribution is 2.28. The fourth-order valence-corrected chi connectivity index (χ4v) is 2.78. The molecular formula is C23H20O8. The first-order chi connectivity index (χ1) is 14.9. The van der Waals surface area contributed by atoms with Gasteiger partial charge in [-0.1, -0.05) is 6.07 Å². The third-order valence-electron chi connectivity index (χ3n) is 4.24. The standard InChI is InChI=1S/C23H20O8/c1-4-29-22(25)17-12-15-7-8-16(13-19(15)31-23(17)26)30-21(24)10-6-14-5-9-18(27-2)20(11-14)28-3/h5-13H,4H2,1-3H3/b10-6+. The Morgan fingerprint density at radius 2 is 1.77 bits per heavy atom. The summed E-state index contributed by atoms with van der Waals surface area (Å²) in [6.45, 7) is 1.78. The van der Waals surface area contributed by atoms with Gasteiger partial charge < -0.3 is 23.4 Å². The summed E-state index contributed by atoms with van der Waals surface area (Å²) < 4.78 is 25.7. The largest absolute Gasteiger partial charge is 0.493 e. The fourth-order valence-electron chi connectivity index (χ4n) is 2.78. The molecule has 0 atom stereocenters. The molecule has 8 nitrogen and oxygen atoms in total. The second-order valence-corrected chi connectivity index (χ2v) is 6.24. The molecule has 2 aromatic carbocycles. The van der Waals surface area contributed by atoms with Crippen molar-refractivity contribution in [2.24, 2.45) is 0 Å². The van der Waals surface area contributed by atoms with E-state index in [-0.39, 0.29) is 23.5 Å². The van der Waals surface area contributed by atoms with Gasteiger partial charge in [-0.25, -0.2) is 14.4 Å². The number of carbonyl (C=O) groups is 2. The lowest BCUT2D eigenvalue weighted by atomic mass is 10.2. The summed E-state index contributed by atoms with van der Waals surface area (Å²) in [5, 5.41) is 0.489. The quantitative estimate of drug-likeness (QED) is 0.245. The van der Waals surface area contributed by atoms with E-state index in [9.17, 15) is 14.4 Å². The zero-order valence-electron chi connectivity index (χ0n) is 17.2. The average Bonchev–Trinajstić information content (AvgIpc) is 2.77. The predicted molar refractivity (Wildman–Crippen MR) is 113 cm³/mol. The molecule has 0 unspecified atom stereocenters. The van der Waals surface area contributed by atoms with Crippen molar-refractivity contribution in [2.45, 2.75) is 6.92 Å². The Labute approximate surface area is 177 Å². The molecule has 0 N–H and O–H groups in total. The Hall–Kier alpha value is -4.07. The van der Waals surface area contributed by atoms with Crippen LogP contribution < -0.4 is 19.8 Å². The smallest absolute Gasteiger partial charge is 0.351 e. The van der Waals surface area contributed by atoms with Crippen molar-refractivity contribution in [3.05, 3.63) is 70.1 Å². The minimum absolute atomic E-state index is 0.141. The summed E-state index contributed by atoms with van der Waals surface area (Å²) in [5.74, 6) is -0.0918. The van der Waals surface area contributed by atoms with Crippen molar-refractivity contribution in [3.63, 3.8) is 0 Å². The second kappa shape index (κ2) is 9.62. The molecular weight excluding hydrogens is 404 g/mol. The molecule has 0 bridgehead atoms. The molecule has 1 aromatic heterocycles. The van der Waals surface area contributed by atoms with E-state index in [1.54, 1.807) is 37.3 Å². The van der Waals surface area contributed by atoms with Crippen LogP contribution in [-0.4, -0.2) is 32.8 Å². The Morgan fingerprint density at radius 1 is 1.00 bits per heavy atom. The van der Waals surface area contributed by atoms with E-state index >= 15 is 0 Å². The maximum Gasteiger partial charge on any atom is 0.351 e. The van der Waals surface area contributed by atoms with Gasteiger partial charge >= 0.3 is 17.6 Å². The number of esters is 2. The van der Waals surface area contributed by atoms with Crippen LogP contribution in [0, 0.1) is 0 Å². The molecule has 0 fully saturated rings. The molecule has 3 aromatic rings. The summed E-state index contributed by atoms with van der Waals surface area (Å²) in [4.78, 5) is 36.0. The van der Waals surface area contributed by atoms with Crippen LogP contribution >= 0.6 is 0 Å². The highest BCUT2D eigenvalue weighted by atomic mass is 16.5. The van der Waals surface area contributed by atoms with Gasteiger partial charge in [-0.3, -0.25) is 0 Å². The van der Waals surface area contributed by atoms with E-state index in [0.29, 0.717) is 22.4 Å². The number of fused-ring (bicyclic) bond motifs is 1. The lowest BCUT2D eigenvalue weighted by Crippen LogP contribution is -2.16. The van der Waals surface area contributed by atoms with Gasteiger partial charge in [0.1, 0.15) is 16.9 Å². The van der Waals surface area contributed by atoms with Crippen LogP contribution in [0.15, 0.2) is 57.8 Å². The maximum atomic E-state index is 12.2. The molecule has 3 rings (SSSR count). The van der Waals surface area contributed by atoms with E-state index in [4.69, 9.17) is 23.4 Å². The van der Waals surface area contributed by atoms with Crippen LogP contribution in [0.4, 0.5) is 0 Å². The highest BCUT2D eigenvalue weighted by molar-refractivity contribution is 5.93. The minimum Gasteiger partial charge on any atom is -0.493 e. The number of methoxy groups -OCH3 is 2. The fraction of sp³-hybridized carbons (Fsp3) is 0.174. The van der Waals surface area contributed by atoms with Gasteiger partial charge in [-0.15, -0.1) is 0 Å². The first-order valence-electron chi connectivity index (χ1n) is 9.32. The van der Waals surface area contributed by atoms with Gasteiger partial charge in [0, 0.05) is 17.5 Å². The van der Waals surface area contributed by atoms with E-state index < -0.39 is 17.6 Å². The Bertz CT molecular complexity index is 1210. The molecule has 0 aliphatic carbocycles. The van der Waals surface area contributed by atoms with Gasteiger partial charge in [0.2, 0.25) is 0 Å². The first kappa shape index (κ1) is 21.6. The van der Waals surface area contributed by atoms with Crippen LogP contribution in [0.1, 0.15) is 22.8 Å². The number of rotatable bonds is 7. The van der Waals surface area contributed by atoms with Crippen molar-refractivity contribution in [3.8, 4) is 17.2 Å². The van der Waals surface area contributed by atoms with Gasteiger partial charge in [0.15, 0.2) is 11.5 Å². The molecule has 0 saturated heterocycles. The first-order valence-corrected chi connectivity index (χ1v) is 9.32. The molecule has 0 radical (unpaired) electrons. The van der Waals surface area contributed by atoms with Crippen LogP contribution in [0.25, 0.3) is 17.0 Å². The van der Waals surface area contributed by atoms with E-state index in [1.165, 1.54) is 38.5 Å².